The van der Waals surface area contributed by atoms with E-state index in [1.54, 1.807) is 18.5 Å². The lowest BCUT2D eigenvalue weighted by molar-refractivity contribution is -0.113. The summed E-state index contributed by atoms with van der Waals surface area (Å²) in [6.07, 6.45) is 4.12. The van der Waals surface area contributed by atoms with Crippen LogP contribution in [-0.4, -0.2) is 39.0 Å². The SMILES string of the molecule is Cc1ccc([C@H]2CC(O)C[C@@H](CO)O2)cc1Cc1ccc(Oc2ncccn2)cc1. The van der Waals surface area contributed by atoms with Gasteiger partial charge in [-0.1, -0.05) is 30.3 Å². The van der Waals surface area contributed by atoms with Crippen molar-refractivity contribution in [2.75, 3.05) is 6.61 Å². The third-order valence-corrected chi connectivity index (χ3v) is 5.40. The van der Waals surface area contributed by atoms with Crippen molar-refractivity contribution in [3.05, 3.63) is 83.2 Å². The summed E-state index contributed by atoms with van der Waals surface area (Å²) in [7, 11) is 0. The molecule has 0 spiro atoms. The average Bonchev–Trinajstić information content (AvgIpc) is 2.77. The highest BCUT2D eigenvalue weighted by molar-refractivity contribution is 5.38. The van der Waals surface area contributed by atoms with E-state index in [0.717, 1.165) is 17.5 Å². The van der Waals surface area contributed by atoms with Crippen LogP contribution in [0.1, 0.15) is 41.2 Å². The van der Waals surface area contributed by atoms with Crippen LogP contribution in [0.2, 0.25) is 0 Å². The Balaban J connectivity index is 1.47. The van der Waals surface area contributed by atoms with E-state index in [1.165, 1.54) is 11.1 Å². The lowest BCUT2D eigenvalue weighted by Crippen LogP contribution is -2.33. The van der Waals surface area contributed by atoms with Crippen molar-refractivity contribution < 1.29 is 19.7 Å². The summed E-state index contributed by atoms with van der Waals surface area (Å²) >= 11 is 0. The number of rotatable bonds is 6. The van der Waals surface area contributed by atoms with Gasteiger partial charge in [-0.15, -0.1) is 0 Å². The minimum absolute atomic E-state index is 0.0747. The van der Waals surface area contributed by atoms with Crippen LogP contribution in [-0.2, 0) is 11.2 Å². The Kier molecular flexibility index (Phi) is 6.38. The molecule has 1 fully saturated rings. The summed E-state index contributed by atoms with van der Waals surface area (Å²) in [6, 6.07) is 16.3. The van der Waals surface area contributed by atoms with Crippen LogP contribution in [0, 0.1) is 6.92 Å². The fraction of sp³-hybridized carbons (Fsp3) is 0.333. The summed E-state index contributed by atoms with van der Waals surface area (Å²) < 4.78 is 11.6. The van der Waals surface area contributed by atoms with Crippen LogP contribution in [0.3, 0.4) is 0 Å². The third kappa shape index (κ3) is 5.02. The summed E-state index contributed by atoms with van der Waals surface area (Å²) in [5.41, 5.74) is 4.60. The number of hydrogen-bond donors (Lipinski definition) is 2. The van der Waals surface area contributed by atoms with E-state index in [9.17, 15) is 10.2 Å². The Morgan fingerprint density at radius 1 is 1.07 bits per heavy atom. The van der Waals surface area contributed by atoms with Crippen molar-refractivity contribution in [2.24, 2.45) is 0 Å². The quantitative estimate of drug-likeness (QED) is 0.649. The van der Waals surface area contributed by atoms with Crippen LogP contribution < -0.4 is 4.74 Å². The van der Waals surface area contributed by atoms with Crippen LogP contribution in [0.25, 0.3) is 0 Å². The Bertz CT molecular complexity index is 963. The maximum atomic E-state index is 10.1. The van der Waals surface area contributed by atoms with Gasteiger partial charge in [0.2, 0.25) is 0 Å². The number of aryl methyl sites for hydroxylation is 1. The molecule has 6 nitrogen and oxygen atoms in total. The van der Waals surface area contributed by atoms with Crippen LogP contribution in [0.15, 0.2) is 60.9 Å². The first-order valence-electron chi connectivity index (χ1n) is 10.2. The number of benzene rings is 2. The second-order valence-corrected chi connectivity index (χ2v) is 7.69. The smallest absolute Gasteiger partial charge is 0.321 e. The predicted molar refractivity (Wildman–Crippen MR) is 112 cm³/mol. The first-order chi connectivity index (χ1) is 14.6. The van der Waals surface area contributed by atoms with Crippen molar-refractivity contribution in [1.82, 2.24) is 9.97 Å². The Morgan fingerprint density at radius 2 is 1.83 bits per heavy atom. The fourth-order valence-electron chi connectivity index (χ4n) is 3.74. The molecule has 4 rings (SSSR count). The largest absolute Gasteiger partial charge is 0.424 e. The standard InChI is InChI=1S/C24H26N2O4/c1-16-3-6-18(23-14-20(28)13-22(15-27)29-23)12-19(16)11-17-4-7-21(8-5-17)30-24-25-9-2-10-26-24/h2-10,12,20,22-23,27-28H,11,13-15H2,1H3/t20?,22-,23+/m0/s1. The van der Waals surface area contributed by atoms with Gasteiger partial charge in [0.15, 0.2) is 0 Å². The zero-order valence-corrected chi connectivity index (χ0v) is 16.9. The molecule has 0 amide bonds. The normalized spacial score (nSPS) is 21.4. The van der Waals surface area contributed by atoms with Crippen LogP contribution >= 0.6 is 0 Å². The fourth-order valence-corrected chi connectivity index (χ4v) is 3.74. The van der Waals surface area contributed by atoms with Crippen molar-refractivity contribution in [2.45, 2.75) is 44.5 Å². The molecule has 1 aliphatic heterocycles. The van der Waals surface area contributed by atoms with Gasteiger partial charge in [-0.2, -0.15) is 0 Å². The van der Waals surface area contributed by atoms with Crippen LogP contribution in [0.5, 0.6) is 11.8 Å². The van der Waals surface area contributed by atoms with Gasteiger partial charge in [0, 0.05) is 25.2 Å². The highest BCUT2D eigenvalue weighted by Crippen LogP contribution is 2.33. The van der Waals surface area contributed by atoms with Gasteiger partial charge in [-0.05, 0) is 53.8 Å². The lowest BCUT2D eigenvalue weighted by atomic mass is 9.92. The second kappa shape index (κ2) is 9.34. The first-order valence-corrected chi connectivity index (χ1v) is 10.2. The van der Waals surface area contributed by atoms with E-state index < -0.39 is 6.10 Å². The van der Waals surface area contributed by atoms with Gasteiger partial charge in [0.05, 0.1) is 24.9 Å². The number of aliphatic hydroxyl groups is 2. The third-order valence-electron chi connectivity index (χ3n) is 5.40. The molecule has 3 aromatic rings. The highest BCUT2D eigenvalue weighted by Gasteiger charge is 2.29. The Morgan fingerprint density at radius 3 is 2.57 bits per heavy atom. The monoisotopic (exact) mass is 406 g/mol. The van der Waals surface area contributed by atoms with Gasteiger partial charge in [0.1, 0.15) is 5.75 Å². The average molecular weight is 406 g/mol. The van der Waals surface area contributed by atoms with Gasteiger partial charge in [0.25, 0.3) is 0 Å². The van der Waals surface area contributed by atoms with Crippen molar-refractivity contribution in [3.63, 3.8) is 0 Å². The van der Waals surface area contributed by atoms with Crippen molar-refractivity contribution in [3.8, 4) is 11.8 Å². The Labute approximate surface area is 176 Å². The Hall–Kier alpha value is -2.80. The molecule has 1 aliphatic rings. The van der Waals surface area contributed by atoms with E-state index >= 15 is 0 Å². The topological polar surface area (TPSA) is 84.7 Å². The molecule has 2 aromatic carbocycles. The molecule has 1 unspecified atom stereocenters. The molecule has 0 aliphatic carbocycles. The maximum Gasteiger partial charge on any atom is 0.321 e. The molecule has 1 aromatic heterocycles. The molecular formula is C24H26N2O4. The predicted octanol–water partition coefficient (Wildman–Crippen LogP) is 3.74. The molecule has 6 heteroatoms. The summed E-state index contributed by atoms with van der Waals surface area (Å²) in [6.45, 7) is 2.02. The number of aliphatic hydroxyl groups excluding tert-OH is 2. The molecule has 0 saturated carbocycles. The van der Waals surface area contributed by atoms with Gasteiger partial charge in [-0.3, -0.25) is 0 Å². The summed E-state index contributed by atoms with van der Waals surface area (Å²) in [5.74, 6) is 0.690. The minimum atomic E-state index is -0.452. The molecule has 156 valence electrons. The molecule has 0 radical (unpaired) electrons. The van der Waals surface area contributed by atoms with Crippen molar-refractivity contribution in [1.29, 1.82) is 0 Å². The number of nitrogens with zero attached hydrogens (tertiary/aromatic N) is 2. The summed E-state index contributed by atoms with van der Waals surface area (Å²) in [4.78, 5) is 8.14. The van der Waals surface area contributed by atoms with Crippen molar-refractivity contribution >= 4 is 0 Å². The number of ether oxygens (including phenoxy) is 2. The zero-order chi connectivity index (χ0) is 20.9. The van der Waals surface area contributed by atoms with E-state index in [2.05, 4.69) is 29.0 Å². The molecule has 2 heterocycles. The highest BCUT2D eigenvalue weighted by atomic mass is 16.5. The molecule has 3 atom stereocenters. The molecule has 30 heavy (non-hydrogen) atoms. The number of aromatic nitrogens is 2. The van der Waals surface area contributed by atoms with E-state index in [1.807, 2.05) is 30.3 Å². The summed E-state index contributed by atoms with van der Waals surface area (Å²) in [5, 5.41) is 19.5. The maximum absolute atomic E-state index is 10.1. The van der Waals surface area contributed by atoms with E-state index in [0.29, 0.717) is 24.6 Å². The van der Waals surface area contributed by atoms with Gasteiger partial charge in [-0.25, -0.2) is 9.97 Å². The van der Waals surface area contributed by atoms with Crippen LogP contribution in [0.4, 0.5) is 0 Å². The van der Waals surface area contributed by atoms with E-state index in [-0.39, 0.29) is 18.8 Å². The molecule has 0 bridgehead atoms. The lowest BCUT2D eigenvalue weighted by Gasteiger charge is -2.32. The van der Waals surface area contributed by atoms with E-state index in [4.69, 9.17) is 9.47 Å². The van der Waals surface area contributed by atoms with Gasteiger partial charge >= 0.3 is 6.01 Å². The number of hydrogen-bond acceptors (Lipinski definition) is 6. The zero-order valence-electron chi connectivity index (χ0n) is 16.9. The minimum Gasteiger partial charge on any atom is -0.424 e. The molecule has 2 N–H and O–H groups in total. The molecular weight excluding hydrogens is 380 g/mol. The first kappa shape index (κ1) is 20.5. The second-order valence-electron chi connectivity index (χ2n) is 7.69. The van der Waals surface area contributed by atoms with Gasteiger partial charge < -0.3 is 19.7 Å². The molecule has 1 saturated heterocycles.